The Morgan fingerprint density at radius 3 is 2.50 bits per heavy atom. The molecule has 5 nitrogen and oxygen atoms in total. The molecule has 118 valence electrons. The van der Waals surface area contributed by atoms with Gasteiger partial charge >= 0.3 is 0 Å². The molecule has 1 saturated heterocycles. The molecule has 0 bridgehead atoms. The third kappa shape index (κ3) is 4.97. The van der Waals surface area contributed by atoms with Crippen LogP contribution in [0.3, 0.4) is 0 Å². The van der Waals surface area contributed by atoms with Crippen LogP contribution in [0.5, 0.6) is 0 Å². The fourth-order valence-electron chi connectivity index (χ4n) is 3.34. The van der Waals surface area contributed by atoms with Gasteiger partial charge in [0.15, 0.2) is 0 Å². The number of hydrogen-bond donors (Lipinski definition) is 3. The molecule has 2 fully saturated rings. The molecule has 2 aliphatic rings. The van der Waals surface area contributed by atoms with Gasteiger partial charge in [-0.2, -0.15) is 0 Å². The maximum atomic E-state index is 10.1. The monoisotopic (exact) mass is 286 g/mol. The van der Waals surface area contributed by atoms with E-state index in [1.807, 2.05) is 0 Å². The van der Waals surface area contributed by atoms with Gasteiger partial charge in [0.25, 0.3) is 0 Å². The predicted molar refractivity (Wildman–Crippen MR) is 78.7 cm³/mol. The molecule has 3 N–H and O–H groups in total. The number of morpholine rings is 1. The minimum atomic E-state index is -0.340. The van der Waals surface area contributed by atoms with Crippen molar-refractivity contribution >= 4 is 0 Å². The van der Waals surface area contributed by atoms with Crippen LogP contribution in [0.2, 0.25) is 0 Å². The van der Waals surface area contributed by atoms with Gasteiger partial charge in [-0.1, -0.05) is 19.3 Å². The zero-order valence-corrected chi connectivity index (χ0v) is 12.5. The molecule has 0 aromatic heterocycles. The first-order valence-electron chi connectivity index (χ1n) is 8.04. The van der Waals surface area contributed by atoms with E-state index >= 15 is 0 Å². The van der Waals surface area contributed by atoms with E-state index in [1.54, 1.807) is 0 Å². The van der Waals surface area contributed by atoms with Gasteiger partial charge in [0.05, 0.1) is 19.3 Å². The average molecular weight is 286 g/mol. The van der Waals surface area contributed by atoms with Crippen molar-refractivity contribution in [3.63, 3.8) is 0 Å². The van der Waals surface area contributed by atoms with Crippen molar-refractivity contribution in [1.29, 1.82) is 0 Å². The fourth-order valence-corrected chi connectivity index (χ4v) is 3.34. The lowest BCUT2D eigenvalue weighted by molar-refractivity contribution is 0.0133. The SMILES string of the molecule is OCC1(CNCC(O)CN2CCOCC2)CCCCC1. The molecule has 1 aliphatic heterocycles. The quantitative estimate of drug-likeness (QED) is 0.624. The molecular formula is C15H30N2O3. The molecule has 1 aliphatic carbocycles. The largest absolute Gasteiger partial charge is 0.396 e. The standard InChI is InChI=1S/C15H30N2O3/c18-13-15(4-2-1-3-5-15)12-16-10-14(19)11-17-6-8-20-9-7-17/h14,16,18-19H,1-13H2. The summed E-state index contributed by atoms with van der Waals surface area (Å²) in [5.74, 6) is 0. The highest BCUT2D eigenvalue weighted by Crippen LogP contribution is 2.35. The summed E-state index contributed by atoms with van der Waals surface area (Å²) in [7, 11) is 0. The van der Waals surface area contributed by atoms with Crippen LogP contribution in [0.25, 0.3) is 0 Å². The predicted octanol–water partition coefficient (Wildman–Crippen LogP) is 0.212. The summed E-state index contributed by atoms with van der Waals surface area (Å²) in [5, 5.41) is 23.1. The zero-order valence-electron chi connectivity index (χ0n) is 12.5. The third-order valence-corrected chi connectivity index (χ3v) is 4.70. The number of rotatable bonds is 7. The highest BCUT2D eigenvalue weighted by atomic mass is 16.5. The molecule has 0 aromatic carbocycles. The fraction of sp³-hybridized carbons (Fsp3) is 1.00. The van der Waals surface area contributed by atoms with E-state index in [-0.39, 0.29) is 18.1 Å². The summed E-state index contributed by atoms with van der Waals surface area (Å²) in [6.07, 6.45) is 5.61. The van der Waals surface area contributed by atoms with E-state index < -0.39 is 0 Å². The van der Waals surface area contributed by atoms with Crippen LogP contribution in [0.15, 0.2) is 0 Å². The molecule has 1 saturated carbocycles. The molecule has 20 heavy (non-hydrogen) atoms. The molecule has 0 aromatic rings. The summed E-state index contributed by atoms with van der Waals surface area (Å²) in [6.45, 7) is 5.78. The normalized spacial score (nSPS) is 25.5. The van der Waals surface area contributed by atoms with Crippen LogP contribution in [-0.2, 0) is 4.74 Å². The van der Waals surface area contributed by atoms with Crippen molar-refractivity contribution in [2.45, 2.75) is 38.2 Å². The van der Waals surface area contributed by atoms with Crippen LogP contribution < -0.4 is 5.32 Å². The van der Waals surface area contributed by atoms with Crippen LogP contribution in [0.4, 0.5) is 0 Å². The molecule has 1 heterocycles. The number of aliphatic hydroxyl groups is 2. The van der Waals surface area contributed by atoms with Crippen molar-refractivity contribution in [2.75, 3.05) is 52.5 Å². The number of nitrogens with one attached hydrogen (secondary N) is 1. The summed E-state index contributed by atoms with van der Waals surface area (Å²) in [6, 6.07) is 0. The molecular weight excluding hydrogens is 256 g/mol. The highest BCUT2D eigenvalue weighted by molar-refractivity contribution is 4.84. The van der Waals surface area contributed by atoms with E-state index in [9.17, 15) is 10.2 Å². The average Bonchev–Trinajstić information content (AvgIpc) is 2.49. The Kier molecular flexibility index (Phi) is 6.71. The van der Waals surface area contributed by atoms with Crippen molar-refractivity contribution < 1.29 is 14.9 Å². The Hall–Kier alpha value is -0.200. The zero-order chi connectivity index (χ0) is 14.3. The molecule has 0 amide bonds. The van der Waals surface area contributed by atoms with Crippen LogP contribution in [-0.4, -0.2) is 73.8 Å². The van der Waals surface area contributed by atoms with E-state index in [0.717, 1.165) is 45.7 Å². The Bertz CT molecular complexity index is 264. The van der Waals surface area contributed by atoms with Gasteiger partial charge in [-0.25, -0.2) is 0 Å². The Morgan fingerprint density at radius 2 is 1.85 bits per heavy atom. The summed E-state index contributed by atoms with van der Waals surface area (Å²) in [4.78, 5) is 2.25. The Labute approximate surface area is 122 Å². The van der Waals surface area contributed by atoms with Crippen molar-refractivity contribution in [3.05, 3.63) is 0 Å². The number of nitrogens with zero attached hydrogens (tertiary/aromatic N) is 1. The second-order valence-corrected chi connectivity index (χ2v) is 6.42. The summed E-state index contributed by atoms with van der Waals surface area (Å²) in [5.41, 5.74) is 0.0525. The van der Waals surface area contributed by atoms with E-state index in [0.29, 0.717) is 13.1 Å². The number of β-amino-alcohol motifs (C(OH)–C–C–N with tert-alkyl or cyclic N) is 1. The van der Waals surface area contributed by atoms with Gasteiger partial charge in [0.1, 0.15) is 0 Å². The van der Waals surface area contributed by atoms with E-state index in [4.69, 9.17) is 4.74 Å². The van der Waals surface area contributed by atoms with E-state index in [2.05, 4.69) is 10.2 Å². The molecule has 2 rings (SSSR count). The minimum absolute atomic E-state index is 0.0525. The topological polar surface area (TPSA) is 65.0 Å². The Morgan fingerprint density at radius 1 is 1.15 bits per heavy atom. The van der Waals surface area contributed by atoms with Gasteiger partial charge in [-0.15, -0.1) is 0 Å². The van der Waals surface area contributed by atoms with Crippen LogP contribution >= 0.6 is 0 Å². The summed E-state index contributed by atoms with van der Waals surface area (Å²) < 4.78 is 5.30. The minimum Gasteiger partial charge on any atom is -0.396 e. The molecule has 1 unspecified atom stereocenters. The number of aliphatic hydroxyl groups excluding tert-OH is 2. The highest BCUT2D eigenvalue weighted by Gasteiger charge is 2.31. The van der Waals surface area contributed by atoms with Crippen molar-refractivity contribution in [3.8, 4) is 0 Å². The lowest BCUT2D eigenvalue weighted by atomic mass is 9.74. The van der Waals surface area contributed by atoms with Gasteiger partial charge in [-0.05, 0) is 12.8 Å². The van der Waals surface area contributed by atoms with Crippen molar-refractivity contribution in [2.24, 2.45) is 5.41 Å². The first kappa shape index (κ1) is 16.2. The van der Waals surface area contributed by atoms with Gasteiger partial charge < -0.3 is 20.3 Å². The molecule has 5 heteroatoms. The van der Waals surface area contributed by atoms with E-state index in [1.165, 1.54) is 19.3 Å². The third-order valence-electron chi connectivity index (χ3n) is 4.70. The smallest absolute Gasteiger partial charge is 0.0791 e. The molecule has 0 radical (unpaired) electrons. The second kappa shape index (κ2) is 8.29. The second-order valence-electron chi connectivity index (χ2n) is 6.42. The van der Waals surface area contributed by atoms with Gasteiger partial charge in [0, 0.05) is 44.7 Å². The maximum absolute atomic E-state index is 10.1. The molecule has 1 atom stereocenters. The van der Waals surface area contributed by atoms with Crippen molar-refractivity contribution in [1.82, 2.24) is 10.2 Å². The number of ether oxygens (including phenoxy) is 1. The van der Waals surface area contributed by atoms with Gasteiger partial charge in [-0.3, -0.25) is 4.90 Å². The summed E-state index contributed by atoms with van der Waals surface area (Å²) >= 11 is 0. The van der Waals surface area contributed by atoms with Crippen LogP contribution in [0.1, 0.15) is 32.1 Å². The lowest BCUT2D eigenvalue weighted by Gasteiger charge is -2.36. The first-order chi connectivity index (χ1) is 9.74. The first-order valence-corrected chi connectivity index (χ1v) is 8.04. The van der Waals surface area contributed by atoms with Gasteiger partial charge in [0.2, 0.25) is 0 Å². The van der Waals surface area contributed by atoms with Crippen LogP contribution in [0, 0.1) is 5.41 Å². The Balaban J connectivity index is 1.63. The molecule has 0 spiro atoms. The maximum Gasteiger partial charge on any atom is 0.0791 e. The number of hydrogen-bond acceptors (Lipinski definition) is 5. The lowest BCUT2D eigenvalue weighted by Crippen LogP contribution is -2.46.